The van der Waals surface area contributed by atoms with Crippen LogP contribution in [0, 0.1) is 0 Å². The van der Waals surface area contributed by atoms with Crippen LogP contribution in [0.5, 0.6) is 0 Å². The van der Waals surface area contributed by atoms with Crippen LogP contribution in [0.25, 0.3) is 0 Å². The number of benzene rings is 2. The number of carbonyl (C=O) groups is 2. The first-order valence-corrected chi connectivity index (χ1v) is 12.0. The minimum Gasteiger partial charge on any atom is -0.459 e. The van der Waals surface area contributed by atoms with E-state index in [1.54, 1.807) is 60.7 Å². The third-order valence-electron chi connectivity index (χ3n) is 5.72. The van der Waals surface area contributed by atoms with Crippen LogP contribution in [-0.2, 0) is 18.9 Å². The predicted molar refractivity (Wildman–Crippen MR) is 126 cm³/mol. The highest BCUT2D eigenvalue weighted by atomic mass is 16.7. The monoisotopic (exact) mass is 470 g/mol. The summed E-state index contributed by atoms with van der Waals surface area (Å²) < 4.78 is 22.6. The number of hydrogen-bond acceptors (Lipinski definition) is 7. The Bertz CT molecular complexity index is 871. The average Bonchev–Trinajstić information content (AvgIpc) is 3.17. The molecular formula is C27H34O7. The third kappa shape index (κ3) is 7.65. The van der Waals surface area contributed by atoms with Crippen molar-refractivity contribution in [1.82, 2.24) is 0 Å². The van der Waals surface area contributed by atoms with Crippen LogP contribution in [0.4, 0.5) is 0 Å². The van der Waals surface area contributed by atoms with Crippen molar-refractivity contribution in [1.29, 1.82) is 0 Å². The van der Waals surface area contributed by atoms with E-state index in [0.717, 1.165) is 19.3 Å². The molecule has 4 atom stereocenters. The molecule has 0 aromatic heterocycles. The van der Waals surface area contributed by atoms with Gasteiger partial charge in [0.05, 0.1) is 11.1 Å². The van der Waals surface area contributed by atoms with E-state index in [1.807, 2.05) is 0 Å². The van der Waals surface area contributed by atoms with Gasteiger partial charge < -0.3 is 24.1 Å². The zero-order valence-corrected chi connectivity index (χ0v) is 19.6. The maximum absolute atomic E-state index is 12.6. The molecule has 2 aromatic rings. The van der Waals surface area contributed by atoms with Gasteiger partial charge in [0.15, 0.2) is 12.4 Å². The molecular weight excluding hydrogens is 436 g/mol. The van der Waals surface area contributed by atoms with Gasteiger partial charge in [0.1, 0.15) is 18.8 Å². The molecule has 1 saturated heterocycles. The molecule has 7 heteroatoms. The number of ether oxygens (including phenoxy) is 4. The zero-order valence-electron chi connectivity index (χ0n) is 19.6. The minimum atomic E-state index is -1.20. The van der Waals surface area contributed by atoms with Crippen molar-refractivity contribution in [3.63, 3.8) is 0 Å². The Morgan fingerprint density at radius 3 is 2.09 bits per heavy atom. The third-order valence-corrected chi connectivity index (χ3v) is 5.72. The summed E-state index contributed by atoms with van der Waals surface area (Å²) in [6, 6.07) is 17.1. The lowest BCUT2D eigenvalue weighted by molar-refractivity contribution is -0.171. The number of aliphatic hydroxyl groups excluding tert-OH is 1. The van der Waals surface area contributed by atoms with Gasteiger partial charge in [-0.3, -0.25) is 0 Å². The number of unbranched alkanes of at least 4 members (excludes halogenated alkanes) is 5. The molecule has 1 heterocycles. The van der Waals surface area contributed by atoms with Gasteiger partial charge in [-0.25, -0.2) is 9.59 Å². The maximum Gasteiger partial charge on any atom is 0.338 e. The van der Waals surface area contributed by atoms with E-state index in [0.29, 0.717) is 17.7 Å². The van der Waals surface area contributed by atoms with Crippen molar-refractivity contribution >= 4 is 11.9 Å². The second kappa shape index (κ2) is 13.8. The largest absolute Gasteiger partial charge is 0.459 e. The molecule has 7 nitrogen and oxygen atoms in total. The van der Waals surface area contributed by atoms with Crippen molar-refractivity contribution in [3.8, 4) is 0 Å². The molecule has 0 radical (unpaired) electrons. The Morgan fingerprint density at radius 2 is 1.44 bits per heavy atom. The van der Waals surface area contributed by atoms with Crippen LogP contribution in [0.15, 0.2) is 60.7 Å². The lowest BCUT2D eigenvalue weighted by Crippen LogP contribution is -2.39. The van der Waals surface area contributed by atoms with Gasteiger partial charge >= 0.3 is 11.9 Å². The molecule has 0 saturated carbocycles. The van der Waals surface area contributed by atoms with E-state index in [4.69, 9.17) is 18.9 Å². The first-order valence-electron chi connectivity index (χ1n) is 12.0. The maximum atomic E-state index is 12.6. The van der Waals surface area contributed by atoms with Crippen molar-refractivity contribution in [2.45, 2.75) is 70.1 Å². The zero-order chi connectivity index (χ0) is 24.2. The molecule has 0 spiro atoms. The molecule has 1 aliphatic heterocycles. The van der Waals surface area contributed by atoms with Gasteiger partial charge in [0.25, 0.3) is 0 Å². The first-order chi connectivity index (χ1) is 16.6. The van der Waals surface area contributed by atoms with Gasteiger partial charge in [0, 0.05) is 6.61 Å². The molecule has 1 aliphatic rings. The Kier molecular flexibility index (Phi) is 10.5. The van der Waals surface area contributed by atoms with Crippen LogP contribution in [0.1, 0.15) is 66.2 Å². The molecule has 0 aliphatic carbocycles. The summed E-state index contributed by atoms with van der Waals surface area (Å²) in [5, 5.41) is 10.8. The molecule has 0 amide bonds. The Balaban J connectivity index is 1.57. The lowest BCUT2D eigenvalue weighted by atomic mass is 10.1. The fourth-order valence-electron chi connectivity index (χ4n) is 3.76. The molecule has 3 rings (SSSR count). The molecule has 0 bridgehead atoms. The first kappa shape index (κ1) is 25.9. The summed E-state index contributed by atoms with van der Waals surface area (Å²) in [6.45, 7) is 2.40. The average molecular weight is 471 g/mol. The summed E-state index contributed by atoms with van der Waals surface area (Å²) in [6.07, 6.45) is 2.55. The van der Waals surface area contributed by atoms with Gasteiger partial charge in [-0.2, -0.15) is 0 Å². The summed E-state index contributed by atoms with van der Waals surface area (Å²) in [4.78, 5) is 24.9. The minimum absolute atomic E-state index is 0.189. The smallest absolute Gasteiger partial charge is 0.338 e. The molecule has 34 heavy (non-hydrogen) atoms. The summed E-state index contributed by atoms with van der Waals surface area (Å²) in [5.41, 5.74) is 0.765. The number of rotatable bonds is 13. The number of aliphatic hydroxyl groups is 1. The fourth-order valence-corrected chi connectivity index (χ4v) is 3.76. The van der Waals surface area contributed by atoms with Gasteiger partial charge in [0.2, 0.25) is 0 Å². The van der Waals surface area contributed by atoms with Crippen LogP contribution in [0.3, 0.4) is 0 Å². The van der Waals surface area contributed by atoms with E-state index >= 15 is 0 Å². The molecule has 1 N–H and O–H groups in total. The van der Waals surface area contributed by atoms with Gasteiger partial charge in [-0.1, -0.05) is 75.4 Å². The Morgan fingerprint density at radius 1 is 0.853 bits per heavy atom. The predicted octanol–water partition coefficient (Wildman–Crippen LogP) is 4.53. The normalized spacial score (nSPS) is 21.8. The van der Waals surface area contributed by atoms with Gasteiger partial charge in [-0.15, -0.1) is 0 Å². The second-order valence-electron chi connectivity index (χ2n) is 8.37. The molecule has 2 aromatic carbocycles. The summed E-state index contributed by atoms with van der Waals surface area (Å²) in [7, 11) is 0. The summed E-state index contributed by atoms with van der Waals surface area (Å²) in [5.74, 6) is -1.10. The standard InChI is InChI=1S/C27H34O7/c1-2-3-4-5-6-13-18-31-27-24(34-26(30)21-16-11-8-12-17-21)23(28)22(33-27)19-32-25(29)20-14-9-7-10-15-20/h7-12,14-17,22-24,27-28H,2-6,13,18-19H2,1H3/t22-,23-,24+,27+/m1/s1. The Hall–Kier alpha value is -2.74. The van der Waals surface area contributed by atoms with E-state index < -0.39 is 36.5 Å². The van der Waals surface area contributed by atoms with Gasteiger partial charge in [-0.05, 0) is 30.7 Å². The van der Waals surface area contributed by atoms with E-state index in [9.17, 15) is 14.7 Å². The summed E-state index contributed by atoms with van der Waals surface area (Å²) >= 11 is 0. The van der Waals surface area contributed by atoms with E-state index in [-0.39, 0.29) is 6.61 Å². The van der Waals surface area contributed by atoms with Crippen molar-refractivity contribution in [2.24, 2.45) is 0 Å². The highest BCUT2D eigenvalue weighted by Gasteiger charge is 2.47. The SMILES string of the molecule is CCCCCCCCO[C@H]1O[C@H](COC(=O)c2ccccc2)[C@@H](O)[C@@H]1OC(=O)c1ccccc1. The number of hydrogen-bond donors (Lipinski definition) is 1. The molecule has 184 valence electrons. The fraction of sp³-hybridized carbons (Fsp3) is 0.481. The van der Waals surface area contributed by atoms with E-state index in [1.165, 1.54) is 19.3 Å². The number of esters is 2. The van der Waals surface area contributed by atoms with Crippen LogP contribution >= 0.6 is 0 Å². The van der Waals surface area contributed by atoms with Crippen molar-refractivity contribution < 1.29 is 33.6 Å². The Labute approximate surface area is 201 Å². The topological polar surface area (TPSA) is 91.3 Å². The lowest BCUT2D eigenvalue weighted by Gasteiger charge is -2.21. The van der Waals surface area contributed by atoms with Crippen molar-refractivity contribution in [3.05, 3.63) is 71.8 Å². The molecule has 1 fully saturated rings. The van der Waals surface area contributed by atoms with E-state index in [2.05, 4.69) is 6.92 Å². The van der Waals surface area contributed by atoms with Crippen LogP contribution < -0.4 is 0 Å². The number of carbonyl (C=O) groups excluding carboxylic acids is 2. The quantitative estimate of drug-likeness (QED) is 0.340. The highest BCUT2D eigenvalue weighted by Crippen LogP contribution is 2.27. The highest BCUT2D eigenvalue weighted by molar-refractivity contribution is 5.89. The van der Waals surface area contributed by atoms with Crippen LogP contribution in [-0.4, -0.2) is 54.9 Å². The van der Waals surface area contributed by atoms with Crippen LogP contribution in [0.2, 0.25) is 0 Å². The second-order valence-corrected chi connectivity index (χ2v) is 8.37. The van der Waals surface area contributed by atoms with Crippen molar-refractivity contribution in [2.75, 3.05) is 13.2 Å². The molecule has 0 unspecified atom stereocenters.